The van der Waals surface area contributed by atoms with Crippen molar-refractivity contribution in [2.45, 2.75) is 0 Å². The Bertz CT molecular complexity index is 933. The zero-order chi connectivity index (χ0) is 18.7. The average molecular weight is 368 g/mol. The van der Waals surface area contributed by atoms with Crippen LogP contribution in [0.3, 0.4) is 0 Å². The van der Waals surface area contributed by atoms with E-state index in [2.05, 4.69) is 10.6 Å². The Hall–Kier alpha value is -3.39. The minimum absolute atomic E-state index is 0.132. The number of carboxylic acids is 1. The minimum Gasteiger partial charge on any atom is -0.478 e. The summed E-state index contributed by atoms with van der Waals surface area (Å²) in [5, 5.41) is 13.3. The summed E-state index contributed by atoms with van der Waals surface area (Å²) in [6, 6.07) is 12.3. The monoisotopic (exact) mass is 368 g/mol. The minimum atomic E-state index is -1.04. The third kappa shape index (κ3) is 3.98. The Morgan fingerprint density at radius 3 is 2.12 bits per heavy atom. The van der Waals surface area contributed by atoms with Crippen LogP contribution in [-0.4, -0.2) is 28.1 Å². The van der Waals surface area contributed by atoms with Gasteiger partial charge in [0.1, 0.15) is 0 Å². The molecule has 0 unspecified atom stereocenters. The van der Waals surface area contributed by atoms with Crippen LogP contribution in [0.5, 0.6) is 0 Å². The van der Waals surface area contributed by atoms with Gasteiger partial charge in [-0.1, -0.05) is 12.1 Å². The number of imide groups is 1. The van der Waals surface area contributed by atoms with E-state index in [1.807, 2.05) is 0 Å². The Labute approximate surface area is 152 Å². The zero-order valence-electron chi connectivity index (χ0n) is 13.2. The smallest absolute Gasteiger partial charge is 0.335 e. The van der Waals surface area contributed by atoms with Crippen LogP contribution in [0.25, 0.3) is 6.08 Å². The lowest BCUT2D eigenvalue weighted by Crippen LogP contribution is -2.17. The summed E-state index contributed by atoms with van der Waals surface area (Å²) in [5.74, 6) is -1.83. The van der Waals surface area contributed by atoms with Gasteiger partial charge in [-0.3, -0.25) is 19.7 Å². The summed E-state index contributed by atoms with van der Waals surface area (Å²) in [7, 11) is 0. The summed E-state index contributed by atoms with van der Waals surface area (Å²) in [5.41, 5.74) is 1.69. The highest BCUT2D eigenvalue weighted by molar-refractivity contribution is 8.18. The van der Waals surface area contributed by atoms with E-state index in [4.69, 9.17) is 5.11 Å². The van der Waals surface area contributed by atoms with E-state index in [9.17, 15) is 19.2 Å². The van der Waals surface area contributed by atoms with Gasteiger partial charge >= 0.3 is 5.97 Å². The quantitative estimate of drug-likeness (QED) is 0.715. The SMILES string of the molecule is O=C1NC(=O)C(=Cc2ccc(C(=O)Nc3ccc(C(=O)O)cc3)cc2)S1. The number of hydrogen-bond donors (Lipinski definition) is 3. The fourth-order valence-corrected chi connectivity index (χ4v) is 2.88. The molecular formula is C18H12N2O5S. The number of rotatable bonds is 4. The second kappa shape index (κ2) is 7.24. The summed E-state index contributed by atoms with van der Waals surface area (Å²) < 4.78 is 0. The van der Waals surface area contributed by atoms with Crippen LogP contribution < -0.4 is 10.6 Å². The molecule has 3 amide bonds. The summed E-state index contributed by atoms with van der Waals surface area (Å²) in [6.45, 7) is 0. The molecular weight excluding hydrogens is 356 g/mol. The maximum absolute atomic E-state index is 12.2. The van der Waals surface area contributed by atoms with Crippen molar-refractivity contribution in [1.29, 1.82) is 0 Å². The standard InChI is InChI=1S/C18H12N2O5S/c21-15(19-13-7-5-12(6-8-13)17(23)24)11-3-1-10(2-4-11)9-14-16(22)20-18(25)26-14/h1-9H,(H,19,21)(H,23,24)(H,20,22,25). The second-order valence-electron chi connectivity index (χ2n) is 5.31. The highest BCUT2D eigenvalue weighted by atomic mass is 32.2. The van der Waals surface area contributed by atoms with Gasteiger partial charge in [0.05, 0.1) is 10.5 Å². The Morgan fingerprint density at radius 2 is 1.58 bits per heavy atom. The van der Waals surface area contributed by atoms with E-state index >= 15 is 0 Å². The van der Waals surface area contributed by atoms with Gasteiger partial charge in [-0.25, -0.2) is 4.79 Å². The molecule has 1 aliphatic rings. The Kier molecular flexibility index (Phi) is 4.85. The molecule has 1 fully saturated rings. The first-order valence-electron chi connectivity index (χ1n) is 7.42. The zero-order valence-corrected chi connectivity index (χ0v) is 14.0. The van der Waals surface area contributed by atoms with E-state index in [1.54, 1.807) is 30.3 Å². The third-order valence-corrected chi connectivity index (χ3v) is 4.31. The predicted octanol–water partition coefficient (Wildman–Crippen LogP) is 2.96. The number of thioether (sulfide) groups is 1. The summed E-state index contributed by atoms with van der Waals surface area (Å²) in [6.07, 6.45) is 1.57. The third-order valence-electron chi connectivity index (χ3n) is 3.50. The first-order chi connectivity index (χ1) is 12.4. The number of carboxylic acid groups (broad SMARTS) is 1. The average Bonchev–Trinajstić information content (AvgIpc) is 2.93. The second-order valence-corrected chi connectivity index (χ2v) is 6.33. The van der Waals surface area contributed by atoms with E-state index in [-0.39, 0.29) is 11.5 Å². The molecule has 8 heteroatoms. The van der Waals surface area contributed by atoms with Gasteiger partial charge in [0.2, 0.25) is 0 Å². The van der Waals surface area contributed by atoms with E-state index < -0.39 is 17.1 Å². The summed E-state index contributed by atoms with van der Waals surface area (Å²) >= 11 is 0.824. The van der Waals surface area contributed by atoms with E-state index in [0.717, 1.165) is 11.8 Å². The molecule has 0 radical (unpaired) electrons. The van der Waals surface area contributed by atoms with Crippen molar-refractivity contribution in [1.82, 2.24) is 5.32 Å². The van der Waals surface area contributed by atoms with Crippen LogP contribution in [0.4, 0.5) is 10.5 Å². The topological polar surface area (TPSA) is 113 Å². The molecule has 3 N–H and O–H groups in total. The van der Waals surface area contributed by atoms with Crippen LogP contribution >= 0.6 is 11.8 Å². The van der Waals surface area contributed by atoms with Gasteiger partial charge in [-0.15, -0.1) is 0 Å². The maximum Gasteiger partial charge on any atom is 0.335 e. The molecule has 7 nitrogen and oxygen atoms in total. The molecule has 0 spiro atoms. The Balaban J connectivity index is 1.69. The molecule has 130 valence electrons. The molecule has 0 aliphatic carbocycles. The number of amides is 3. The molecule has 2 aromatic rings. The number of benzene rings is 2. The normalized spacial score (nSPS) is 15.0. The van der Waals surface area contributed by atoms with Crippen molar-refractivity contribution >= 4 is 46.5 Å². The number of hydrogen-bond acceptors (Lipinski definition) is 5. The van der Waals surface area contributed by atoms with E-state index in [0.29, 0.717) is 21.7 Å². The summed E-state index contributed by atoms with van der Waals surface area (Å²) in [4.78, 5) is 46.0. The van der Waals surface area contributed by atoms with Crippen molar-refractivity contribution < 1.29 is 24.3 Å². The Morgan fingerprint density at radius 1 is 0.962 bits per heavy atom. The van der Waals surface area contributed by atoms with Gasteiger partial charge in [0.25, 0.3) is 17.1 Å². The van der Waals surface area contributed by atoms with Crippen LogP contribution in [0.1, 0.15) is 26.3 Å². The van der Waals surface area contributed by atoms with Crippen molar-refractivity contribution in [2.24, 2.45) is 0 Å². The number of carbonyl (C=O) groups is 4. The highest BCUT2D eigenvalue weighted by Crippen LogP contribution is 2.25. The van der Waals surface area contributed by atoms with Crippen LogP contribution in [0, 0.1) is 0 Å². The number of carbonyl (C=O) groups excluding carboxylic acids is 3. The molecule has 26 heavy (non-hydrogen) atoms. The first-order valence-corrected chi connectivity index (χ1v) is 8.23. The highest BCUT2D eigenvalue weighted by Gasteiger charge is 2.24. The molecule has 0 aromatic heterocycles. The first kappa shape index (κ1) is 17.4. The van der Waals surface area contributed by atoms with Crippen molar-refractivity contribution in [3.05, 3.63) is 70.1 Å². The fraction of sp³-hybridized carbons (Fsp3) is 0. The fourth-order valence-electron chi connectivity index (χ4n) is 2.20. The molecule has 3 rings (SSSR count). The molecule has 1 aliphatic heterocycles. The molecule has 0 bridgehead atoms. The van der Waals surface area contributed by atoms with Crippen molar-refractivity contribution in [3.63, 3.8) is 0 Å². The molecule has 2 aromatic carbocycles. The van der Waals surface area contributed by atoms with Gasteiger partial charge < -0.3 is 10.4 Å². The van der Waals surface area contributed by atoms with Gasteiger partial charge in [-0.2, -0.15) is 0 Å². The molecule has 1 heterocycles. The van der Waals surface area contributed by atoms with Crippen LogP contribution in [0.2, 0.25) is 0 Å². The van der Waals surface area contributed by atoms with Crippen LogP contribution in [0.15, 0.2) is 53.4 Å². The maximum atomic E-state index is 12.2. The molecule has 0 saturated carbocycles. The van der Waals surface area contributed by atoms with Crippen molar-refractivity contribution in [2.75, 3.05) is 5.32 Å². The lowest BCUT2D eigenvalue weighted by molar-refractivity contribution is -0.115. The van der Waals surface area contributed by atoms with Crippen LogP contribution in [-0.2, 0) is 4.79 Å². The van der Waals surface area contributed by atoms with E-state index in [1.165, 1.54) is 24.3 Å². The molecule has 0 atom stereocenters. The van der Waals surface area contributed by atoms with Gasteiger partial charge in [0.15, 0.2) is 0 Å². The van der Waals surface area contributed by atoms with Gasteiger partial charge in [0, 0.05) is 11.3 Å². The van der Waals surface area contributed by atoms with Gasteiger partial charge in [-0.05, 0) is 59.8 Å². The largest absolute Gasteiger partial charge is 0.478 e. The lowest BCUT2D eigenvalue weighted by atomic mass is 10.1. The number of anilines is 1. The molecule has 1 saturated heterocycles. The van der Waals surface area contributed by atoms with Crippen molar-refractivity contribution in [3.8, 4) is 0 Å². The predicted molar refractivity (Wildman–Crippen MR) is 96.9 cm³/mol. The lowest BCUT2D eigenvalue weighted by Gasteiger charge is -2.06. The number of nitrogens with one attached hydrogen (secondary N) is 2. The number of aromatic carboxylic acids is 1.